The molecule has 1 aliphatic heterocycles. The number of ether oxygens (including phenoxy) is 2. The fourth-order valence-corrected chi connectivity index (χ4v) is 6.23. The van der Waals surface area contributed by atoms with Gasteiger partial charge in [0.25, 0.3) is 0 Å². The van der Waals surface area contributed by atoms with Crippen LogP contribution >= 0.6 is 13.5 Å². The summed E-state index contributed by atoms with van der Waals surface area (Å²) in [7, 11) is 4.29. The molecule has 0 radical (unpaired) electrons. The molecule has 1 aliphatic rings. The molecule has 0 amide bonds. The summed E-state index contributed by atoms with van der Waals surface area (Å²) < 4.78 is 13.1. The minimum absolute atomic E-state index is 0. The number of hydrogen-bond donors (Lipinski definition) is 0. The molecule has 0 unspecified atom stereocenters. The first-order chi connectivity index (χ1) is 22.6. The summed E-state index contributed by atoms with van der Waals surface area (Å²) in [5.41, 5.74) is 0. The lowest BCUT2D eigenvalue weighted by atomic mass is 9.99. The van der Waals surface area contributed by atoms with Gasteiger partial charge < -0.3 is 14.4 Å². The van der Waals surface area contributed by atoms with Crippen molar-refractivity contribution in [2.45, 2.75) is 199 Å². The molecule has 0 aromatic carbocycles. The van der Waals surface area contributed by atoms with Gasteiger partial charge in [-0.3, -0.25) is 0 Å². The van der Waals surface area contributed by atoms with Crippen LogP contribution in [0.2, 0.25) is 0 Å². The molecule has 1 rings (SSSR count). The molecule has 1 heterocycles. The summed E-state index contributed by atoms with van der Waals surface area (Å²) in [5.74, 6) is -0.336. The highest BCUT2D eigenvalue weighted by atomic mass is 32.1. The highest BCUT2D eigenvalue weighted by Crippen LogP contribution is 2.35. The molecule has 0 aromatic heterocycles. The number of allylic oxidation sites excluding steroid dienone is 8. The van der Waals surface area contributed by atoms with Gasteiger partial charge in [-0.1, -0.05) is 101 Å². The van der Waals surface area contributed by atoms with Gasteiger partial charge in [0.1, 0.15) is 0 Å². The average molecular weight is 676 g/mol. The molecule has 0 N–H and O–H groups in total. The highest BCUT2D eigenvalue weighted by Gasteiger charge is 2.40. The van der Waals surface area contributed by atoms with Crippen LogP contribution < -0.4 is 0 Å². The first-order valence-corrected chi connectivity index (χ1v) is 20.2. The molecular weight excluding hydrogens is 595 g/mol. The Balaban J connectivity index is 0.0000212. The van der Waals surface area contributed by atoms with Gasteiger partial charge in [-0.15, -0.1) is 0 Å². The molecule has 0 spiro atoms. The molecule has 276 valence electrons. The van der Waals surface area contributed by atoms with E-state index in [4.69, 9.17) is 9.47 Å². The van der Waals surface area contributed by atoms with Crippen molar-refractivity contribution in [3.8, 4) is 0 Å². The minimum Gasteiger partial charge on any atom is -0.347 e. The number of hydrogen-bond acceptors (Lipinski definition) is 3. The predicted molar refractivity (Wildman–Crippen MR) is 215 cm³/mol. The van der Waals surface area contributed by atoms with Crippen molar-refractivity contribution in [1.29, 1.82) is 0 Å². The van der Waals surface area contributed by atoms with Gasteiger partial charge in [-0.05, 0) is 136 Å². The fourth-order valence-electron chi connectivity index (χ4n) is 6.23. The zero-order chi connectivity index (χ0) is 33.2. The summed E-state index contributed by atoms with van der Waals surface area (Å²) in [6, 6.07) is 0. The van der Waals surface area contributed by atoms with Gasteiger partial charge in [-0.25, -0.2) is 0 Å². The molecule has 4 heteroatoms. The SMILES string of the molecule is CCCCC/C=C\CCCC/C=C\CCCCCC1(CCCCC/C=C\CCCC/C=C\CCCCC)OC[C@H](CCN(C)C)O1.S. The summed E-state index contributed by atoms with van der Waals surface area (Å²) >= 11 is 0. The Bertz CT molecular complexity index is 711. The first-order valence-electron chi connectivity index (χ1n) is 20.2. The predicted octanol–water partition coefficient (Wildman–Crippen LogP) is 13.6. The van der Waals surface area contributed by atoms with Gasteiger partial charge >= 0.3 is 0 Å². The molecule has 0 bridgehead atoms. The Morgan fingerprint density at radius 1 is 0.511 bits per heavy atom. The van der Waals surface area contributed by atoms with E-state index in [1.54, 1.807) is 0 Å². The van der Waals surface area contributed by atoms with Crippen LogP contribution in [-0.2, 0) is 9.47 Å². The van der Waals surface area contributed by atoms with Crippen LogP contribution in [0, 0.1) is 0 Å². The molecule has 3 nitrogen and oxygen atoms in total. The smallest absolute Gasteiger partial charge is 0.168 e. The molecule has 0 aliphatic carbocycles. The molecule has 1 atom stereocenters. The average Bonchev–Trinajstić information content (AvgIpc) is 3.46. The van der Waals surface area contributed by atoms with Crippen molar-refractivity contribution in [2.75, 3.05) is 27.2 Å². The number of rotatable bonds is 33. The zero-order valence-electron chi connectivity index (χ0n) is 32.0. The van der Waals surface area contributed by atoms with Crippen LogP contribution in [0.4, 0.5) is 0 Å². The van der Waals surface area contributed by atoms with E-state index in [0.29, 0.717) is 0 Å². The van der Waals surface area contributed by atoms with Crippen molar-refractivity contribution >= 4 is 13.5 Å². The quantitative estimate of drug-likeness (QED) is 0.0510. The van der Waals surface area contributed by atoms with E-state index in [9.17, 15) is 0 Å². The summed E-state index contributed by atoms with van der Waals surface area (Å²) in [4.78, 5) is 2.25. The maximum absolute atomic E-state index is 6.66. The van der Waals surface area contributed by atoms with E-state index in [0.717, 1.165) is 32.4 Å². The molecular formula is C43H81NO2S. The van der Waals surface area contributed by atoms with Crippen molar-refractivity contribution in [2.24, 2.45) is 0 Å². The lowest BCUT2D eigenvalue weighted by molar-refractivity contribution is -0.180. The van der Waals surface area contributed by atoms with E-state index in [-0.39, 0.29) is 25.4 Å². The van der Waals surface area contributed by atoms with Crippen LogP contribution in [0.15, 0.2) is 48.6 Å². The lowest BCUT2D eigenvalue weighted by Crippen LogP contribution is -2.31. The summed E-state index contributed by atoms with van der Waals surface area (Å²) in [6.45, 7) is 6.38. The van der Waals surface area contributed by atoms with E-state index in [2.05, 4.69) is 81.5 Å². The topological polar surface area (TPSA) is 21.7 Å². The van der Waals surface area contributed by atoms with Crippen LogP contribution in [-0.4, -0.2) is 44.0 Å². The van der Waals surface area contributed by atoms with E-state index in [1.165, 1.54) is 154 Å². The van der Waals surface area contributed by atoms with E-state index in [1.807, 2.05) is 0 Å². The Kier molecular flexibility index (Phi) is 34.4. The Morgan fingerprint density at radius 3 is 1.19 bits per heavy atom. The Morgan fingerprint density at radius 2 is 0.851 bits per heavy atom. The Labute approximate surface area is 301 Å². The monoisotopic (exact) mass is 676 g/mol. The third kappa shape index (κ3) is 29.8. The second-order valence-corrected chi connectivity index (χ2v) is 14.2. The highest BCUT2D eigenvalue weighted by molar-refractivity contribution is 7.59. The molecule has 0 aromatic rings. The number of unbranched alkanes of at least 4 members (excludes halogenated alkanes) is 18. The van der Waals surface area contributed by atoms with Gasteiger partial charge in [0.2, 0.25) is 0 Å². The lowest BCUT2D eigenvalue weighted by Gasteiger charge is -2.28. The molecule has 47 heavy (non-hydrogen) atoms. The standard InChI is InChI=1S/C43H79NO2.H2S/c1-5-7-9-11-13-15-17-19-21-23-25-27-29-31-33-35-38-43(45-41-42(46-43)37-40-44(3)4)39-36-34-32-30-28-26-24-22-20-18-16-14-12-10-8-6-2;/h13-16,25-28,42H,5-12,17-24,29-41H2,1-4H3;1H2/b15-13-,16-14-,27-25-,28-26-;/t42-;/m0./s1. The van der Waals surface area contributed by atoms with Crippen LogP contribution in [0.5, 0.6) is 0 Å². The van der Waals surface area contributed by atoms with Gasteiger partial charge in [0.05, 0.1) is 12.7 Å². The van der Waals surface area contributed by atoms with Crippen LogP contribution in [0.3, 0.4) is 0 Å². The van der Waals surface area contributed by atoms with Crippen molar-refractivity contribution in [3.63, 3.8) is 0 Å². The second-order valence-electron chi connectivity index (χ2n) is 14.2. The van der Waals surface area contributed by atoms with E-state index >= 15 is 0 Å². The van der Waals surface area contributed by atoms with E-state index < -0.39 is 0 Å². The van der Waals surface area contributed by atoms with Gasteiger partial charge in [0.15, 0.2) is 5.79 Å². The summed E-state index contributed by atoms with van der Waals surface area (Å²) in [5, 5.41) is 0. The molecule has 0 saturated carbocycles. The molecule has 1 fully saturated rings. The van der Waals surface area contributed by atoms with Crippen molar-refractivity contribution in [3.05, 3.63) is 48.6 Å². The summed E-state index contributed by atoms with van der Waals surface area (Å²) in [6.07, 6.45) is 53.4. The zero-order valence-corrected chi connectivity index (χ0v) is 33.0. The van der Waals surface area contributed by atoms with Crippen molar-refractivity contribution < 1.29 is 9.47 Å². The fraction of sp³-hybridized carbons (Fsp3) is 0.814. The Hall–Kier alpha value is -0.810. The first kappa shape index (κ1) is 46.2. The minimum atomic E-state index is -0.336. The normalized spacial score (nSPS) is 16.6. The number of nitrogens with zero attached hydrogens (tertiary/aromatic N) is 1. The van der Waals surface area contributed by atoms with Crippen molar-refractivity contribution in [1.82, 2.24) is 4.90 Å². The largest absolute Gasteiger partial charge is 0.347 e. The van der Waals surface area contributed by atoms with Crippen LogP contribution in [0.25, 0.3) is 0 Å². The second kappa shape index (κ2) is 35.0. The van der Waals surface area contributed by atoms with Gasteiger partial charge in [0, 0.05) is 19.4 Å². The van der Waals surface area contributed by atoms with Crippen LogP contribution in [0.1, 0.15) is 187 Å². The maximum atomic E-state index is 6.66. The third-order valence-corrected chi connectivity index (χ3v) is 9.27. The van der Waals surface area contributed by atoms with Gasteiger partial charge in [-0.2, -0.15) is 13.5 Å². The molecule has 1 saturated heterocycles. The maximum Gasteiger partial charge on any atom is 0.168 e. The third-order valence-electron chi connectivity index (χ3n) is 9.27.